The minimum absolute atomic E-state index is 0.861. The molecule has 0 aliphatic rings. The first-order valence-corrected chi connectivity index (χ1v) is 5.20. The van der Waals surface area contributed by atoms with E-state index in [0.29, 0.717) is 0 Å². The maximum absolute atomic E-state index is 8.39. The Bertz CT molecular complexity index is 474. The zero-order valence-electron chi connectivity index (χ0n) is 7.84. The molecule has 1 aromatic carbocycles. The molecular weight excluding hydrogens is 256 g/mol. The van der Waals surface area contributed by atoms with Gasteiger partial charge in [-0.25, -0.2) is 0 Å². The highest BCUT2D eigenvalue weighted by molar-refractivity contribution is 9.10. The normalized spacial score (nSPS) is 11.0. The number of benzene rings is 1. The Kier molecular flexibility index (Phi) is 2.87. The lowest BCUT2D eigenvalue weighted by molar-refractivity contribution is 0.322. The van der Waals surface area contributed by atoms with Crippen LogP contribution in [0, 0.1) is 0 Å². The monoisotopic (exact) mass is 264 g/mol. The summed E-state index contributed by atoms with van der Waals surface area (Å²) < 4.78 is 3.01. The fraction of sp³-hybridized carbons (Fsp3) is 0. The molecule has 0 unspecified atom stereocenters. The van der Waals surface area contributed by atoms with Crippen molar-refractivity contribution in [2.45, 2.75) is 0 Å². The predicted molar refractivity (Wildman–Crippen MR) is 62.8 cm³/mol. The molecule has 1 aromatic heterocycles. The summed E-state index contributed by atoms with van der Waals surface area (Å²) >= 11 is 3.38. The predicted octanol–water partition coefficient (Wildman–Crippen LogP) is 3.05. The van der Waals surface area contributed by atoms with E-state index in [9.17, 15) is 0 Å². The van der Waals surface area contributed by atoms with Crippen molar-refractivity contribution in [2.24, 2.45) is 5.16 Å². The van der Waals surface area contributed by atoms with Crippen LogP contribution >= 0.6 is 15.9 Å². The van der Waals surface area contributed by atoms with Gasteiger partial charge in [-0.15, -0.1) is 0 Å². The highest BCUT2D eigenvalue weighted by atomic mass is 79.9. The zero-order chi connectivity index (χ0) is 10.7. The zero-order valence-corrected chi connectivity index (χ0v) is 9.42. The van der Waals surface area contributed by atoms with Crippen LogP contribution in [0.1, 0.15) is 5.56 Å². The van der Waals surface area contributed by atoms with Crippen LogP contribution in [0.4, 0.5) is 0 Å². The molecule has 0 saturated heterocycles. The third-order valence-electron chi connectivity index (χ3n) is 2.05. The number of hydrogen-bond acceptors (Lipinski definition) is 2. The summed E-state index contributed by atoms with van der Waals surface area (Å²) in [5.41, 5.74) is 1.93. The van der Waals surface area contributed by atoms with E-state index in [1.54, 1.807) is 0 Å². The molecule has 0 aliphatic heterocycles. The lowest BCUT2D eigenvalue weighted by Crippen LogP contribution is -1.88. The van der Waals surface area contributed by atoms with E-state index in [1.807, 2.05) is 47.3 Å². The average Bonchev–Trinajstić information content (AvgIpc) is 2.68. The van der Waals surface area contributed by atoms with Crippen LogP contribution in [-0.4, -0.2) is 16.0 Å². The number of hydrogen-bond donors (Lipinski definition) is 1. The first-order valence-electron chi connectivity index (χ1n) is 4.41. The summed E-state index contributed by atoms with van der Waals surface area (Å²) in [4.78, 5) is 0. The van der Waals surface area contributed by atoms with Crippen LogP contribution in [0.15, 0.2) is 52.4 Å². The van der Waals surface area contributed by atoms with Crippen molar-refractivity contribution in [3.05, 3.63) is 52.8 Å². The SMILES string of the molecule is O/N=C\c1ccn(-c2ccc(Br)cc2)c1. The largest absolute Gasteiger partial charge is 0.411 e. The summed E-state index contributed by atoms with van der Waals surface area (Å²) in [5, 5.41) is 11.4. The van der Waals surface area contributed by atoms with Crippen LogP contribution in [0.2, 0.25) is 0 Å². The van der Waals surface area contributed by atoms with Crippen LogP contribution < -0.4 is 0 Å². The molecule has 2 rings (SSSR count). The fourth-order valence-electron chi connectivity index (χ4n) is 1.33. The molecule has 0 fully saturated rings. The van der Waals surface area contributed by atoms with Gasteiger partial charge in [0.1, 0.15) is 0 Å². The molecule has 0 radical (unpaired) electrons. The molecule has 3 nitrogen and oxygen atoms in total. The molecule has 0 saturated carbocycles. The number of oxime groups is 1. The van der Waals surface area contributed by atoms with Gasteiger partial charge in [-0.05, 0) is 30.3 Å². The van der Waals surface area contributed by atoms with Gasteiger partial charge in [-0.3, -0.25) is 0 Å². The Morgan fingerprint density at radius 1 is 1.20 bits per heavy atom. The average molecular weight is 265 g/mol. The Labute approximate surface area is 95.8 Å². The second-order valence-electron chi connectivity index (χ2n) is 3.07. The number of rotatable bonds is 2. The Morgan fingerprint density at radius 3 is 2.60 bits per heavy atom. The van der Waals surface area contributed by atoms with Crippen molar-refractivity contribution >= 4 is 22.1 Å². The molecule has 0 spiro atoms. The van der Waals surface area contributed by atoms with E-state index in [4.69, 9.17) is 5.21 Å². The van der Waals surface area contributed by atoms with Gasteiger partial charge in [0.15, 0.2) is 0 Å². The molecule has 2 aromatic rings. The molecule has 76 valence electrons. The molecule has 15 heavy (non-hydrogen) atoms. The van der Waals surface area contributed by atoms with Gasteiger partial charge in [0, 0.05) is 28.1 Å². The molecule has 1 N–H and O–H groups in total. The van der Waals surface area contributed by atoms with Crippen molar-refractivity contribution in [3.8, 4) is 5.69 Å². The van der Waals surface area contributed by atoms with E-state index >= 15 is 0 Å². The molecule has 0 amide bonds. The van der Waals surface area contributed by atoms with Gasteiger partial charge in [-0.2, -0.15) is 0 Å². The van der Waals surface area contributed by atoms with Crippen molar-refractivity contribution in [1.82, 2.24) is 4.57 Å². The van der Waals surface area contributed by atoms with Crippen LogP contribution in [-0.2, 0) is 0 Å². The molecule has 0 aliphatic carbocycles. The minimum atomic E-state index is 0.861. The lowest BCUT2D eigenvalue weighted by atomic mass is 10.3. The molecule has 1 heterocycles. The first-order chi connectivity index (χ1) is 7.29. The smallest absolute Gasteiger partial charge is 0.0749 e. The lowest BCUT2D eigenvalue weighted by Gasteiger charge is -2.01. The molecular formula is C11H9BrN2O. The van der Waals surface area contributed by atoms with Crippen LogP contribution in [0.25, 0.3) is 5.69 Å². The Balaban J connectivity index is 2.33. The summed E-state index contributed by atoms with van der Waals surface area (Å²) in [6, 6.07) is 9.85. The first kappa shape index (κ1) is 9.98. The second-order valence-corrected chi connectivity index (χ2v) is 3.99. The highest BCUT2D eigenvalue weighted by Crippen LogP contribution is 2.14. The van der Waals surface area contributed by atoms with Gasteiger partial charge in [0.05, 0.1) is 6.21 Å². The molecule has 4 heteroatoms. The number of nitrogens with zero attached hydrogens (tertiary/aromatic N) is 2. The van der Waals surface area contributed by atoms with Gasteiger partial charge in [0.2, 0.25) is 0 Å². The quantitative estimate of drug-likeness (QED) is 0.505. The maximum atomic E-state index is 8.39. The van der Waals surface area contributed by atoms with E-state index < -0.39 is 0 Å². The summed E-state index contributed by atoms with van der Waals surface area (Å²) in [6.07, 6.45) is 5.21. The maximum Gasteiger partial charge on any atom is 0.0749 e. The summed E-state index contributed by atoms with van der Waals surface area (Å²) in [7, 11) is 0. The van der Waals surface area contributed by atoms with Crippen LogP contribution in [0.3, 0.4) is 0 Å². The Morgan fingerprint density at radius 2 is 1.93 bits per heavy atom. The van der Waals surface area contributed by atoms with Crippen molar-refractivity contribution in [3.63, 3.8) is 0 Å². The third kappa shape index (κ3) is 2.27. The molecule has 0 bridgehead atoms. The van der Waals surface area contributed by atoms with Gasteiger partial charge < -0.3 is 9.77 Å². The topological polar surface area (TPSA) is 37.5 Å². The van der Waals surface area contributed by atoms with Crippen molar-refractivity contribution in [2.75, 3.05) is 0 Å². The summed E-state index contributed by atoms with van der Waals surface area (Å²) in [5.74, 6) is 0. The number of aromatic nitrogens is 1. The van der Waals surface area contributed by atoms with Gasteiger partial charge in [-0.1, -0.05) is 21.1 Å². The minimum Gasteiger partial charge on any atom is -0.411 e. The second kappa shape index (κ2) is 4.31. The van der Waals surface area contributed by atoms with E-state index in [1.165, 1.54) is 6.21 Å². The van der Waals surface area contributed by atoms with E-state index in [0.717, 1.165) is 15.7 Å². The fourth-order valence-corrected chi connectivity index (χ4v) is 1.59. The van der Waals surface area contributed by atoms with Crippen molar-refractivity contribution < 1.29 is 5.21 Å². The van der Waals surface area contributed by atoms with Gasteiger partial charge >= 0.3 is 0 Å². The van der Waals surface area contributed by atoms with E-state index in [2.05, 4.69) is 21.1 Å². The number of halogens is 1. The highest BCUT2D eigenvalue weighted by Gasteiger charge is 1.97. The molecule has 0 atom stereocenters. The standard InChI is InChI=1S/C11H9BrN2O/c12-10-1-3-11(4-2-10)14-6-5-9(8-14)7-13-15/h1-8,15H/b13-7-. The van der Waals surface area contributed by atoms with Gasteiger partial charge in [0.25, 0.3) is 0 Å². The Hall–Kier alpha value is -1.55. The third-order valence-corrected chi connectivity index (χ3v) is 2.58. The van der Waals surface area contributed by atoms with E-state index in [-0.39, 0.29) is 0 Å². The summed E-state index contributed by atoms with van der Waals surface area (Å²) in [6.45, 7) is 0. The van der Waals surface area contributed by atoms with Crippen LogP contribution in [0.5, 0.6) is 0 Å². The van der Waals surface area contributed by atoms with Crippen molar-refractivity contribution in [1.29, 1.82) is 0 Å².